The van der Waals surface area contributed by atoms with Gasteiger partial charge < -0.3 is 0 Å². The van der Waals surface area contributed by atoms with Gasteiger partial charge in [0, 0.05) is 6.92 Å². The van der Waals surface area contributed by atoms with Gasteiger partial charge in [-0.25, -0.2) is 9.36 Å². The number of fused-ring (bicyclic) bond motifs is 1. The van der Waals surface area contributed by atoms with Crippen LogP contribution in [0.3, 0.4) is 0 Å². The molecule has 0 saturated carbocycles. The minimum absolute atomic E-state index is 0.158. The van der Waals surface area contributed by atoms with E-state index in [2.05, 4.69) is 34.8 Å². The van der Waals surface area contributed by atoms with E-state index in [4.69, 9.17) is 12.2 Å². The Bertz CT molecular complexity index is 703. The number of benzene rings is 1. The molecule has 2 aromatic rings. The molecule has 5 nitrogen and oxygen atoms in total. The highest BCUT2D eigenvalue weighted by Crippen LogP contribution is 2.28. The molecular formula is C14H16N4OS. The van der Waals surface area contributed by atoms with Crippen LogP contribution in [0.15, 0.2) is 30.6 Å². The lowest BCUT2D eigenvalue weighted by atomic mass is 9.88. The van der Waals surface area contributed by atoms with Gasteiger partial charge in [0.15, 0.2) is 0 Å². The second-order valence-corrected chi connectivity index (χ2v) is 5.43. The molecule has 1 aliphatic carbocycles. The molecule has 3 rings (SSSR count). The van der Waals surface area contributed by atoms with Crippen LogP contribution in [0.25, 0.3) is 0 Å². The molecule has 0 aliphatic heterocycles. The summed E-state index contributed by atoms with van der Waals surface area (Å²) in [6.07, 6.45) is 4.55. The number of rotatable bonds is 2. The molecule has 1 heterocycles. The Morgan fingerprint density at radius 2 is 2.15 bits per heavy atom. The minimum Gasteiger partial charge on any atom is -0.274 e. The molecule has 1 N–H and O–H groups in total. The van der Waals surface area contributed by atoms with E-state index < -0.39 is 0 Å². The van der Waals surface area contributed by atoms with E-state index in [0.29, 0.717) is 4.77 Å². The van der Waals surface area contributed by atoms with Gasteiger partial charge in [0.05, 0.1) is 6.04 Å². The topological polar surface area (TPSA) is 51.9 Å². The first-order chi connectivity index (χ1) is 9.65. The molecular weight excluding hydrogens is 272 g/mol. The summed E-state index contributed by atoms with van der Waals surface area (Å²) in [4.78, 5) is 11.1. The van der Waals surface area contributed by atoms with Crippen molar-refractivity contribution in [3.63, 3.8) is 0 Å². The molecule has 20 heavy (non-hydrogen) atoms. The average Bonchev–Trinajstić information content (AvgIpc) is 2.79. The highest BCUT2D eigenvalue weighted by atomic mass is 32.1. The Morgan fingerprint density at radius 1 is 1.40 bits per heavy atom. The van der Waals surface area contributed by atoms with Crippen molar-refractivity contribution in [3.8, 4) is 0 Å². The van der Waals surface area contributed by atoms with Gasteiger partial charge in [-0.2, -0.15) is 5.10 Å². The Morgan fingerprint density at radius 3 is 2.90 bits per heavy atom. The van der Waals surface area contributed by atoms with Crippen LogP contribution in [0, 0.1) is 4.77 Å². The van der Waals surface area contributed by atoms with E-state index >= 15 is 0 Å². The van der Waals surface area contributed by atoms with E-state index in [9.17, 15) is 4.79 Å². The van der Waals surface area contributed by atoms with E-state index in [1.54, 1.807) is 6.33 Å². The molecule has 1 atom stereocenters. The molecule has 0 spiro atoms. The van der Waals surface area contributed by atoms with Crippen molar-refractivity contribution < 1.29 is 4.79 Å². The van der Waals surface area contributed by atoms with E-state index in [0.717, 1.165) is 19.3 Å². The zero-order valence-corrected chi connectivity index (χ0v) is 12.1. The van der Waals surface area contributed by atoms with Crippen LogP contribution in [0.4, 0.5) is 0 Å². The summed E-state index contributed by atoms with van der Waals surface area (Å²) in [6, 6.07) is 8.75. The Balaban J connectivity index is 1.87. The number of aryl methyl sites for hydroxylation is 1. The molecule has 1 unspecified atom stereocenters. The minimum atomic E-state index is -0.158. The van der Waals surface area contributed by atoms with Crippen LogP contribution >= 0.6 is 12.2 Å². The van der Waals surface area contributed by atoms with E-state index in [-0.39, 0.29) is 11.9 Å². The van der Waals surface area contributed by atoms with Crippen molar-refractivity contribution in [2.24, 2.45) is 0 Å². The zero-order chi connectivity index (χ0) is 14.1. The zero-order valence-electron chi connectivity index (χ0n) is 11.2. The predicted octanol–water partition coefficient (Wildman–Crippen LogP) is 2.23. The van der Waals surface area contributed by atoms with Gasteiger partial charge in [-0.15, -0.1) is 0 Å². The second kappa shape index (κ2) is 5.20. The standard InChI is InChI=1S/C14H16N4OS/c1-10(19)16-17-9-15-18(14(17)20)13-7-6-11-4-2-3-5-12(11)8-13/h2-5,9,13H,6-8H2,1H3,(H,16,19). The van der Waals surface area contributed by atoms with Gasteiger partial charge in [-0.05, 0) is 42.6 Å². The third-order valence-electron chi connectivity index (χ3n) is 3.64. The van der Waals surface area contributed by atoms with E-state index in [1.165, 1.54) is 22.7 Å². The summed E-state index contributed by atoms with van der Waals surface area (Å²) in [7, 11) is 0. The summed E-state index contributed by atoms with van der Waals surface area (Å²) in [5.41, 5.74) is 5.42. The highest BCUT2D eigenvalue weighted by molar-refractivity contribution is 7.71. The van der Waals surface area contributed by atoms with Crippen molar-refractivity contribution in [1.82, 2.24) is 14.5 Å². The quantitative estimate of drug-likeness (QED) is 0.862. The number of amides is 1. The fourth-order valence-electron chi connectivity index (χ4n) is 2.70. The van der Waals surface area contributed by atoms with E-state index in [1.807, 2.05) is 4.68 Å². The maximum Gasteiger partial charge on any atom is 0.235 e. The van der Waals surface area contributed by atoms with Gasteiger partial charge in [0.25, 0.3) is 0 Å². The summed E-state index contributed by atoms with van der Waals surface area (Å²) >= 11 is 5.37. The molecule has 0 radical (unpaired) electrons. The largest absolute Gasteiger partial charge is 0.274 e. The number of nitrogens with zero attached hydrogens (tertiary/aromatic N) is 3. The summed E-state index contributed by atoms with van der Waals surface area (Å²) in [6.45, 7) is 1.45. The fourth-order valence-corrected chi connectivity index (χ4v) is 2.99. The molecule has 0 saturated heterocycles. The SMILES string of the molecule is CC(=O)Nn1cnn(C2CCc3ccccc3C2)c1=S. The van der Waals surface area contributed by atoms with Crippen molar-refractivity contribution in [3.05, 3.63) is 46.5 Å². The number of carbonyl (C=O) groups excluding carboxylic acids is 1. The Kier molecular flexibility index (Phi) is 3.40. The Hall–Kier alpha value is -1.95. The maximum atomic E-state index is 11.1. The number of aromatic nitrogens is 3. The van der Waals surface area contributed by atoms with Gasteiger partial charge in [-0.3, -0.25) is 10.2 Å². The molecule has 1 amide bonds. The van der Waals surface area contributed by atoms with Crippen LogP contribution in [-0.2, 0) is 17.6 Å². The van der Waals surface area contributed by atoms with Gasteiger partial charge in [0.2, 0.25) is 10.7 Å². The molecule has 1 aromatic heterocycles. The third kappa shape index (κ3) is 2.38. The van der Waals surface area contributed by atoms with Crippen LogP contribution in [0.2, 0.25) is 0 Å². The molecule has 1 aliphatic rings. The molecule has 0 fully saturated rings. The monoisotopic (exact) mass is 288 g/mol. The molecule has 6 heteroatoms. The highest BCUT2D eigenvalue weighted by Gasteiger charge is 2.21. The lowest BCUT2D eigenvalue weighted by Gasteiger charge is -2.24. The summed E-state index contributed by atoms with van der Waals surface area (Å²) < 4.78 is 3.86. The van der Waals surface area contributed by atoms with Crippen molar-refractivity contribution in [2.45, 2.75) is 32.2 Å². The normalized spacial score (nSPS) is 17.6. The number of carbonyl (C=O) groups is 1. The van der Waals surface area contributed by atoms with Crippen LogP contribution < -0.4 is 5.43 Å². The first-order valence-electron chi connectivity index (χ1n) is 6.65. The van der Waals surface area contributed by atoms with Crippen LogP contribution in [0.1, 0.15) is 30.5 Å². The lowest BCUT2D eigenvalue weighted by Crippen LogP contribution is -2.22. The summed E-state index contributed by atoms with van der Waals surface area (Å²) in [5, 5.41) is 4.33. The summed E-state index contributed by atoms with van der Waals surface area (Å²) in [5.74, 6) is -0.158. The molecule has 104 valence electrons. The first kappa shape index (κ1) is 13.1. The van der Waals surface area contributed by atoms with Gasteiger partial charge >= 0.3 is 0 Å². The predicted molar refractivity (Wildman–Crippen MR) is 78.6 cm³/mol. The average molecular weight is 288 g/mol. The van der Waals surface area contributed by atoms with Crippen molar-refractivity contribution >= 4 is 18.1 Å². The van der Waals surface area contributed by atoms with Gasteiger partial charge in [0.1, 0.15) is 6.33 Å². The fraction of sp³-hybridized carbons (Fsp3) is 0.357. The molecule has 0 bridgehead atoms. The van der Waals surface area contributed by atoms with Crippen molar-refractivity contribution in [1.29, 1.82) is 0 Å². The number of hydrogen-bond donors (Lipinski definition) is 1. The first-order valence-corrected chi connectivity index (χ1v) is 7.06. The van der Waals surface area contributed by atoms with Crippen LogP contribution in [-0.4, -0.2) is 20.4 Å². The Labute approximate surface area is 122 Å². The number of hydrogen-bond acceptors (Lipinski definition) is 3. The third-order valence-corrected chi connectivity index (χ3v) is 4.02. The molecule has 1 aromatic carbocycles. The number of nitrogens with one attached hydrogen (secondary N) is 1. The smallest absolute Gasteiger partial charge is 0.235 e. The van der Waals surface area contributed by atoms with Crippen LogP contribution in [0.5, 0.6) is 0 Å². The lowest BCUT2D eigenvalue weighted by molar-refractivity contribution is -0.115. The second-order valence-electron chi connectivity index (χ2n) is 5.06. The van der Waals surface area contributed by atoms with Gasteiger partial charge in [-0.1, -0.05) is 24.3 Å². The maximum absolute atomic E-state index is 11.1. The van der Waals surface area contributed by atoms with Crippen molar-refractivity contribution in [2.75, 3.05) is 5.43 Å².